The van der Waals surface area contributed by atoms with Crippen molar-refractivity contribution in [2.24, 2.45) is 0 Å². The van der Waals surface area contributed by atoms with Gasteiger partial charge in [-0.2, -0.15) is 0 Å². The van der Waals surface area contributed by atoms with Gasteiger partial charge in [-0.25, -0.2) is 0 Å². The molecule has 0 bridgehead atoms. The summed E-state index contributed by atoms with van der Waals surface area (Å²) in [5.74, 6) is 0. The van der Waals surface area contributed by atoms with E-state index in [9.17, 15) is 0 Å². The zero-order valence-corrected chi connectivity index (χ0v) is 11.2. The summed E-state index contributed by atoms with van der Waals surface area (Å²) in [6, 6.07) is 6.06. The maximum Gasteiger partial charge on any atom is 0.0769 e. The minimum Gasteiger partial charge on any atom is -0.384 e. The zero-order valence-electron chi connectivity index (χ0n) is 10.5. The highest BCUT2D eigenvalue weighted by Gasteiger charge is 2.08. The van der Waals surface area contributed by atoms with Crippen LogP contribution in [0.2, 0.25) is 5.02 Å². The van der Waals surface area contributed by atoms with E-state index in [1.807, 2.05) is 26.0 Å². The zero-order chi connectivity index (χ0) is 12.4. The Bertz CT molecular complexity index is 549. The van der Waals surface area contributed by atoms with E-state index in [1.165, 1.54) is 0 Å². The molecule has 1 N–H and O–H groups in total. The second-order valence-electron chi connectivity index (χ2n) is 4.31. The molecule has 90 valence electrons. The highest BCUT2D eigenvalue weighted by molar-refractivity contribution is 6.32. The van der Waals surface area contributed by atoms with Crippen LogP contribution in [0.1, 0.15) is 24.6 Å². The van der Waals surface area contributed by atoms with Crippen LogP contribution in [0.3, 0.4) is 0 Å². The maximum atomic E-state index is 6.14. The summed E-state index contributed by atoms with van der Waals surface area (Å²) >= 11 is 6.14. The van der Waals surface area contributed by atoms with Gasteiger partial charge in [0.25, 0.3) is 0 Å². The number of aromatic nitrogens is 1. The van der Waals surface area contributed by atoms with Gasteiger partial charge < -0.3 is 5.32 Å². The molecule has 3 heteroatoms. The van der Waals surface area contributed by atoms with Gasteiger partial charge in [-0.15, -0.1) is 0 Å². The third kappa shape index (κ3) is 2.37. The smallest absolute Gasteiger partial charge is 0.0769 e. The fourth-order valence-corrected chi connectivity index (χ4v) is 2.09. The van der Waals surface area contributed by atoms with Crippen LogP contribution in [0.5, 0.6) is 0 Å². The summed E-state index contributed by atoms with van der Waals surface area (Å²) in [6.07, 6.45) is 1.11. The molecule has 2 rings (SSSR count). The van der Waals surface area contributed by atoms with Gasteiger partial charge in [-0.1, -0.05) is 18.5 Å². The largest absolute Gasteiger partial charge is 0.384 e. The first-order chi connectivity index (χ1) is 8.13. The molecule has 0 aliphatic rings. The highest BCUT2D eigenvalue weighted by atomic mass is 35.5. The first-order valence-electron chi connectivity index (χ1n) is 5.93. The van der Waals surface area contributed by atoms with Crippen LogP contribution >= 0.6 is 11.6 Å². The van der Waals surface area contributed by atoms with Crippen LogP contribution in [-0.2, 0) is 0 Å². The lowest BCUT2D eigenvalue weighted by Crippen LogP contribution is -2.02. The van der Waals surface area contributed by atoms with Crippen molar-refractivity contribution in [2.45, 2.75) is 27.2 Å². The van der Waals surface area contributed by atoms with Crippen LogP contribution in [0, 0.1) is 13.8 Å². The van der Waals surface area contributed by atoms with Crippen molar-refractivity contribution in [3.63, 3.8) is 0 Å². The molecular formula is C14H17ClN2. The Morgan fingerprint density at radius 2 is 2.06 bits per heavy atom. The topological polar surface area (TPSA) is 24.9 Å². The standard InChI is InChI=1S/C14H17ClN2/c1-4-7-16-13-8-9(2)17-14-10(3)12(15)6-5-11(13)14/h5-6,8H,4,7H2,1-3H3,(H,16,17). The second kappa shape index (κ2) is 4.92. The number of halogens is 1. The number of fused-ring (bicyclic) bond motifs is 1. The van der Waals surface area contributed by atoms with E-state index < -0.39 is 0 Å². The lowest BCUT2D eigenvalue weighted by molar-refractivity contribution is 0.980. The molecule has 2 nitrogen and oxygen atoms in total. The number of aryl methyl sites for hydroxylation is 2. The first kappa shape index (κ1) is 12.2. The number of benzene rings is 1. The minimum atomic E-state index is 0.775. The van der Waals surface area contributed by atoms with Gasteiger partial charge >= 0.3 is 0 Å². The van der Waals surface area contributed by atoms with Crippen molar-refractivity contribution in [2.75, 3.05) is 11.9 Å². The Balaban J connectivity index is 2.64. The molecule has 0 unspecified atom stereocenters. The number of nitrogens with zero attached hydrogens (tertiary/aromatic N) is 1. The molecule has 0 aliphatic carbocycles. The molecule has 17 heavy (non-hydrogen) atoms. The Morgan fingerprint density at radius 3 is 2.76 bits per heavy atom. The molecule has 1 heterocycles. The van der Waals surface area contributed by atoms with Crippen LogP contribution < -0.4 is 5.32 Å². The molecule has 0 saturated carbocycles. The number of hydrogen-bond donors (Lipinski definition) is 1. The van der Waals surface area contributed by atoms with E-state index in [4.69, 9.17) is 11.6 Å². The van der Waals surface area contributed by atoms with Crippen LogP contribution in [-0.4, -0.2) is 11.5 Å². The fraction of sp³-hybridized carbons (Fsp3) is 0.357. The monoisotopic (exact) mass is 248 g/mol. The van der Waals surface area contributed by atoms with Crippen LogP contribution in [0.25, 0.3) is 10.9 Å². The molecule has 0 aliphatic heterocycles. The van der Waals surface area contributed by atoms with E-state index >= 15 is 0 Å². The fourth-order valence-electron chi connectivity index (χ4n) is 1.94. The highest BCUT2D eigenvalue weighted by Crippen LogP contribution is 2.29. The van der Waals surface area contributed by atoms with Gasteiger partial charge in [0.05, 0.1) is 5.52 Å². The van der Waals surface area contributed by atoms with E-state index in [2.05, 4.69) is 23.3 Å². The Morgan fingerprint density at radius 1 is 1.29 bits per heavy atom. The van der Waals surface area contributed by atoms with Crippen molar-refractivity contribution in [1.82, 2.24) is 4.98 Å². The first-order valence-corrected chi connectivity index (χ1v) is 6.31. The third-order valence-corrected chi connectivity index (χ3v) is 3.27. The number of anilines is 1. The molecule has 0 atom stereocenters. The van der Waals surface area contributed by atoms with Gasteiger partial charge in [-0.3, -0.25) is 4.98 Å². The Labute approximate surface area is 107 Å². The summed E-state index contributed by atoms with van der Waals surface area (Å²) in [6.45, 7) is 7.16. The van der Waals surface area contributed by atoms with Crippen LogP contribution in [0.15, 0.2) is 18.2 Å². The summed E-state index contributed by atoms with van der Waals surface area (Å²) in [5, 5.41) is 5.36. The maximum absolute atomic E-state index is 6.14. The lowest BCUT2D eigenvalue weighted by Gasteiger charge is -2.12. The molecule has 0 radical (unpaired) electrons. The van der Waals surface area contributed by atoms with Crippen molar-refractivity contribution < 1.29 is 0 Å². The summed E-state index contributed by atoms with van der Waals surface area (Å²) in [4.78, 5) is 4.58. The second-order valence-corrected chi connectivity index (χ2v) is 4.71. The number of pyridine rings is 1. The third-order valence-electron chi connectivity index (χ3n) is 2.86. The number of nitrogens with one attached hydrogen (secondary N) is 1. The SMILES string of the molecule is CCCNc1cc(C)nc2c(C)c(Cl)ccc12. The molecular weight excluding hydrogens is 232 g/mol. The van der Waals surface area contributed by atoms with E-state index in [0.29, 0.717) is 0 Å². The van der Waals surface area contributed by atoms with E-state index in [1.54, 1.807) is 0 Å². The molecule has 1 aromatic heterocycles. The summed E-state index contributed by atoms with van der Waals surface area (Å²) < 4.78 is 0. The predicted molar refractivity (Wildman–Crippen MR) is 75.0 cm³/mol. The average molecular weight is 249 g/mol. The lowest BCUT2D eigenvalue weighted by atomic mass is 10.1. The molecule has 0 saturated heterocycles. The van der Waals surface area contributed by atoms with Crippen molar-refractivity contribution in [3.8, 4) is 0 Å². The average Bonchev–Trinajstić information content (AvgIpc) is 2.31. The van der Waals surface area contributed by atoms with Gasteiger partial charge in [-0.05, 0) is 44.0 Å². The quantitative estimate of drug-likeness (QED) is 0.875. The van der Waals surface area contributed by atoms with Gasteiger partial charge in [0, 0.05) is 28.3 Å². The summed E-state index contributed by atoms with van der Waals surface area (Å²) in [5.41, 5.74) is 4.21. The number of hydrogen-bond acceptors (Lipinski definition) is 2. The predicted octanol–water partition coefficient (Wildman–Crippen LogP) is 4.33. The van der Waals surface area contributed by atoms with Gasteiger partial charge in [0.1, 0.15) is 0 Å². The molecule has 0 amide bonds. The van der Waals surface area contributed by atoms with Gasteiger partial charge in [0.15, 0.2) is 0 Å². The molecule has 2 aromatic rings. The molecule has 1 aromatic carbocycles. The normalized spacial score (nSPS) is 10.8. The van der Waals surface area contributed by atoms with Crippen molar-refractivity contribution in [3.05, 3.63) is 34.5 Å². The van der Waals surface area contributed by atoms with E-state index in [0.717, 1.165) is 45.8 Å². The Hall–Kier alpha value is -1.28. The van der Waals surface area contributed by atoms with Gasteiger partial charge in [0.2, 0.25) is 0 Å². The molecule has 0 spiro atoms. The van der Waals surface area contributed by atoms with Crippen LogP contribution in [0.4, 0.5) is 5.69 Å². The Kier molecular flexibility index (Phi) is 3.53. The summed E-state index contributed by atoms with van der Waals surface area (Å²) in [7, 11) is 0. The minimum absolute atomic E-state index is 0.775. The van der Waals surface area contributed by atoms with E-state index in [-0.39, 0.29) is 0 Å². The van der Waals surface area contributed by atoms with Crippen molar-refractivity contribution >= 4 is 28.2 Å². The number of rotatable bonds is 3. The van der Waals surface area contributed by atoms with Crippen molar-refractivity contribution in [1.29, 1.82) is 0 Å². The molecule has 0 fully saturated rings.